The summed E-state index contributed by atoms with van der Waals surface area (Å²) in [4.78, 5) is 12.3. The first-order chi connectivity index (χ1) is 13.1. The van der Waals surface area contributed by atoms with Crippen LogP contribution in [0.15, 0.2) is 54.2 Å². The number of aryl methyl sites for hydroxylation is 1. The van der Waals surface area contributed by atoms with Gasteiger partial charge in [0.1, 0.15) is 24.4 Å². The zero-order valence-corrected chi connectivity index (χ0v) is 16.8. The van der Waals surface area contributed by atoms with E-state index in [0.29, 0.717) is 30.3 Å². The minimum atomic E-state index is -0.458. The molecule has 138 valence electrons. The second-order valence-corrected chi connectivity index (χ2v) is 7.23. The molecule has 1 unspecified atom stereocenters. The van der Waals surface area contributed by atoms with Gasteiger partial charge in [0.25, 0.3) is 5.91 Å². The van der Waals surface area contributed by atoms with Gasteiger partial charge in [-0.25, -0.2) is 0 Å². The lowest BCUT2D eigenvalue weighted by atomic mass is 10.2. The van der Waals surface area contributed by atoms with Crippen LogP contribution in [0.3, 0.4) is 0 Å². The van der Waals surface area contributed by atoms with Crippen molar-refractivity contribution in [1.82, 2.24) is 5.32 Å². The highest BCUT2D eigenvalue weighted by atomic mass is 127. The Bertz CT molecular complexity index is 921. The quantitative estimate of drug-likeness (QED) is 0.394. The third-order valence-corrected chi connectivity index (χ3v) is 4.63. The summed E-state index contributed by atoms with van der Waals surface area (Å²) in [5, 5.41) is 15.0. The fourth-order valence-electron chi connectivity index (χ4n) is 2.56. The van der Waals surface area contributed by atoms with E-state index < -0.39 is 5.91 Å². The summed E-state index contributed by atoms with van der Waals surface area (Å²) >= 11 is 2.21. The molecule has 0 radical (unpaired) electrons. The molecular weight excluding hydrogens is 457 g/mol. The number of nitrogens with one attached hydrogen (secondary N) is 2. The second kappa shape index (κ2) is 8.77. The highest BCUT2D eigenvalue weighted by molar-refractivity contribution is 14.1. The molecule has 1 aliphatic rings. The van der Waals surface area contributed by atoms with Crippen molar-refractivity contribution >= 4 is 34.2 Å². The van der Waals surface area contributed by atoms with Crippen LogP contribution in [0.25, 0.3) is 0 Å². The number of carbonyl (C=O) groups excluding carboxylic acids is 1. The number of halogens is 1. The van der Waals surface area contributed by atoms with E-state index in [9.17, 15) is 10.1 Å². The van der Waals surface area contributed by atoms with Crippen LogP contribution in [-0.2, 0) is 4.79 Å². The predicted molar refractivity (Wildman–Crippen MR) is 111 cm³/mol. The van der Waals surface area contributed by atoms with Crippen molar-refractivity contribution in [1.29, 1.82) is 5.26 Å². The average molecular weight is 475 g/mol. The van der Waals surface area contributed by atoms with Crippen LogP contribution >= 0.6 is 22.6 Å². The van der Waals surface area contributed by atoms with Gasteiger partial charge in [0, 0.05) is 15.5 Å². The Morgan fingerprint density at radius 2 is 2.11 bits per heavy atom. The zero-order chi connectivity index (χ0) is 19.2. The summed E-state index contributed by atoms with van der Waals surface area (Å²) in [6.45, 7) is 2.72. The van der Waals surface area contributed by atoms with Crippen LogP contribution in [0.1, 0.15) is 5.56 Å². The van der Waals surface area contributed by atoms with E-state index in [2.05, 4.69) is 33.2 Å². The molecule has 0 fully saturated rings. The summed E-state index contributed by atoms with van der Waals surface area (Å²) in [6, 6.07) is 15.1. The largest absolute Gasteiger partial charge is 0.486 e. The van der Waals surface area contributed by atoms with Crippen LogP contribution < -0.4 is 20.1 Å². The van der Waals surface area contributed by atoms with E-state index in [1.807, 2.05) is 55.5 Å². The molecule has 0 aliphatic carbocycles. The Hall–Kier alpha value is -2.73. The van der Waals surface area contributed by atoms with E-state index in [1.54, 1.807) is 0 Å². The number of para-hydroxylation sites is 2. The Kier molecular flexibility index (Phi) is 6.19. The Morgan fingerprint density at radius 1 is 1.33 bits per heavy atom. The SMILES string of the molecule is Cc1cc(I)ccc1NC(=O)/C(C#N)=C\NCC1COc2ccccc2O1. The predicted octanol–water partition coefficient (Wildman–Crippen LogP) is 3.38. The first kappa shape index (κ1) is 19.0. The topological polar surface area (TPSA) is 83.4 Å². The standard InChI is InChI=1S/C20H18IN3O3/c1-13-8-15(21)6-7-17(13)24-20(25)14(9-22)10-23-11-16-12-26-18-4-2-3-5-19(18)27-16/h2-8,10,16,23H,11-12H2,1H3,(H,24,25)/b14-10-. The summed E-state index contributed by atoms with van der Waals surface area (Å²) in [5.74, 6) is 0.946. The molecule has 3 rings (SSSR count). The van der Waals surface area contributed by atoms with Crippen molar-refractivity contribution in [3.05, 3.63) is 63.4 Å². The third-order valence-electron chi connectivity index (χ3n) is 3.96. The number of fused-ring (bicyclic) bond motifs is 1. The maximum absolute atomic E-state index is 12.3. The van der Waals surface area contributed by atoms with Gasteiger partial charge in [-0.1, -0.05) is 12.1 Å². The molecule has 2 aromatic rings. The number of benzene rings is 2. The minimum Gasteiger partial charge on any atom is -0.486 e. The lowest BCUT2D eigenvalue weighted by Crippen LogP contribution is -2.37. The van der Waals surface area contributed by atoms with Gasteiger partial charge in [-0.2, -0.15) is 5.26 Å². The van der Waals surface area contributed by atoms with Crippen molar-refractivity contribution in [2.24, 2.45) is 0 Å². The van der Waals surface area contributed by atoms with Gasteiger partial charge in [0.15, 0.2) is 11.5 Å². The normalized spacial score (nSPS) is 15.6. The number of anilines is 1. The van der Waals surface area contributed by atoms with E-state index in [1.165, 1.54) is 6.20 Å². The van der Waals surface area contributed by atoms with E-state index in [-0.39, 0.29) is 11.7 Å². The van der Waals surface area contributed by atoms with Gasteiger partial charge in [0.2, 0.25) is 0 Å². The Labute approximate surface area is 171 Å². The maximum Gasteiger partial charge on any atom is 0.267 e. The number of rotatable bonds is 5. The number of hydrogen-bond acceptors (Lipinski definition) is 5. The maximum atomic E-state index is 12.3. The molecule has 1 heterocycles. The van der Waals surface area contributed by atoms with E-state index >= 15 is 0 Å². The smallest absolute Gasteiger partial charge is 0.267 e. The fourth-order valence-corrected chi connectivity index (χ4v) is 3.21. The van der Waals surface area contributed by atoms with Crippen molar-refractivity contribution in [2.45, 2.75) is 13.0 Å². The molecular formula is C20H18IN3O3. The van der Waals surface area contributed by atoms with Gasteiger partial charge in [0.05, 0.1) is 6.54 Å². The summed E-state index contributed by atoms with van der Waals surface area (Å²) in [7, 11) is 0. The lowest BCUT2D eigenvalue weighted by Gasteiger charge is -2.26. The molecule has 0 spiro atoms. The van der Waals surface area contributed by atoms with E-state index in [0.717, 1.165) is 9.13 Å². The highest BCUT2D eigenvalue weighted by Gasteiger charge is 2.20. The van der Waals surface area contributed by atoms with Crippen molar-refractivity contribution < 1.29 is 14.3 Å². The van der Waals surface area contributed by atoms with Crippen molar-refractivity contribution in [3.63, 3.8) is 0 Å². The first-order valence-electron chi connectivity index (χ1n) is 8.36. The molecule has 7 heteroatoms. The molecule has 1 amide bonds. The summed E-state index contributed by atoms with van der Waals surface area (Å²) in [6.07, 6.45) is 1.19. The first-order valence-corrected chi connectivity index (χ1v) is 9.44. The monoisotopic (exact) mass is 475 g/mol. The lowest BCUT2D eigenvalue weighted by molar-refractivity contribution is -0.112. The van der Waals surface area contributed by atoms with Gasteiger partial charge < -0.3 is 20.1 Å². The van der Waals surface area contributed by atoms with Crippen molar-refractivity contribution in [2.75, 3.05) is 18.5 Å². The zero-order valence-electron chi connectivity index (χ0n) is 14.7. The summed E-state index contributed by atoms with van der Waals surface area (Å²) < 4.78 is 12.5. The second-order valence-electron chi connectivity index (χ2n) is 5.99. The minimum absolute atomic E-state index is 0.00919. The molecule has 0 bridgehead atoms. The van der Waals surface area contributed by atoms with Gasteiger partial charge in [-0.15, -0.1) is 0 Å². The Morgan fingerprint density at radius 3 is 2.85 bits per heavy atom. The van der Waals surface area contributed by atoms with Gasteiger partial charge >= 0.3 is 0 Å². The van der Waals surface area contributed by atoms with Gasteiger partial charge in [-0.05, 0) is 65.4 Å². The molecule has 6 nitrogen and oxygen atoms in total. The van der Waals surface area contributed by atoms with Crippen LogP contribution in [0.2, 0.25) is 0 Å². The third kappa shape index (κ3) is 4.92. The molecule has 27 heavy (non-hydrogen) atoms. The van der Waals surface area contributed by atoms with Crippen molar-refractivity contribution in [3.8, 4) is 17.6 Å². The molecule has 0 aromatic heterocycles. The molecule has 0 saturated heterocycles. The number of nitrogens with zero attached hydrogens (tertiary/aromatic N) is 1. The summed E-state index contributed by atoms with van der Waals surface area (Å²) in [5.41, 5.74) is 1.61. The molecule has 1 atom stereocenters. The molecule has 2 aromatic carbocycles. The molecule has 1 aliphatic heterocycles. The van der Waals surface area contributed by atoms with Crippen LogP contribution in [0.4, 0.5) is 5.69 Å². The molecule has 2 N–H and O–H groups in total. The van der Waals surface area contributed by atoms with Crippen LogP contribution in [0, 0.1) is 21.8 Å². The van der Waals surface area contributed by atoms with Crippen LogP contribution in [0.5, 0.6) is 11.5 Å². The van der Waals surface area contributed by atoms with Crippen LogP contribution in [-0.4, -0.2) is 25.2 Å². The number of amides is 1. The molecule has 0 saturated carbocycles. The average Bonchev–Trinajstić information content (AvgIpc) is 2.67. The highest BCUT2D eigenvalue weighted by Crippen LogP contribution is 2.30. The number of ether oxygens (including phenoxy) is 2. The number of carbonyl (C=O) groups is 1. The van der Waals surface area contributed by atoms with Gasteiger partial charge in [-0.3, -0.25) is 4.79 Å². The number of nitriles is 1. The fraction of sp³-hybridized carbons (Fsp3) is 0.200. The number of hydrogen-bond donors (Lipinski definition) is 2. The van der Waals surface area contributed by atoms with E-state index in [4.69, 9.17) is 9.47 Å². The Balaban J connectivity index is 1.57.